The van der Waals surface area contributed by atoms with E-state index in [2.05, 4.69) is 29.0 Å². The lowest BCUT2D eigenvalue weighted by atomic mass is 10.1. The molecule has 0 saturated carbocycles. The Balaban J connectivity index is 1.54. The van der Waals surface area contributed by atoms with E-state index in [4.69, 9.17) is 0 Å². The number of hydrogen-bond acceptors (Lipinski definition) is 5. The minimum Gasteiger partial charge on any atom is -0.357 e. The number of nitrogens with one attached hydrogen (secondary N) is 1. The lowest BCUT2D eigenvalue weighted by Crippen LogP contribution is -2.28. The lowest BCUT2D eigenvalue weighted by molar-refractivity contribution is -0.139. The zero-order valence-electron chi connectivity index (χ0n) is 16.9. The van der Waals surface area contributed by atoms with Crippen LogP contribution in [0.5, 0.6) is 0 Å². The summed E-state index contributed by atoms with van der Waals surface area (Å²) in [7, 11) is 0. The van der Waals surface area contributed by atoms with Crippen LogP contribution in [0.25, 0.3) is 0 Å². The molecule has 29 heavy (non-hydrogen) atoms. The zero-order valence-corrected chi connectivity index (χ0v) is 16.9. The maximum Gasteiger partial charge on any atom is 0.251 e. The van der Waals surface area contributed by atoms with E-state index < -0.39 is 0 Å². The van der Waals surface area contributed by atoms with Crippen LogP contribution in [0, 0.1) is 0 Å². The third kappa shape index (κ3) is 4.99. The van der Waals surface area contributed by atoms with Crippen LogP contribution in [0.2, 0.25) is 0 Å². The van der Waals surface area contributed by atoms with E-state index in [9.17, 15) is 14.4 Å². The van der Waals surface area contributed by atoms with Crippen molar-refractivity contribution < 1.29 is 14.4 Å². The quantitative estimate of drug-likeness (QED) is 0.696. The molecule has 2 aromatic rings. The number of benzene rings is 1. The molecule has 152 valence electrons. The second-order valence-electron chi connectivity index (χ2n) is 6.95. The SMILES string of the molecule is CCN(CC)c1ccc(CNC(=O)c2ccc(CN3C(=O)CCC3=O)cc2)cn1. The molecule has 3 amide bonds. The number of rotatable bonds is 8. The van der Waals surface area contributed by atoms with Crippen molar-refractivity contribution in [3.63, 3.8) is 0 Å². The van der Waals surface area contributed by atoms with Crippen LogP contribution >= 0.6 is 0 Å². The normalized spacial score (nSPS) is 13.7. The number of anilines is 1. The van der Waals surface area contributed by atoms with Crippen LogP contribution in [0.3, 0.4) is 0 Å². The van der Waals surface area contributed by atoms with Gasteiger partial charge in [-0.15, -0.1) is 0 Å². The van der Waals surface area contributed by atoms with Gasteiger partial charge in [-0.2, -0.15) is 0 Å². The summed E-state index contributed by atoms with van der Waals surface area (Å²) < 4.78 is 0. The fraction of sp³-hybridized carbons (Fsp3) is 0.364. The first kappa shape index (κ1) is 20.5. The Morgan fingerprint density at radius 3 is 2.17 bits per heavy atom. The maximum absolute atomic E-state index is 12.4. The molecule has 2 heterocycles. The van der Waals surface area contributed by atoms with Crippen molar-refractivity contribution in [3.05, 3.63) is 59.3 Å². The summed E-state index contributed by atoms with van der Waals surface area (Å²) in [5, 5.41) is 2.89. The summed E-state index contributed by atoms with van der Waals surface area (Å²) in [5.41, 5.74) is 2.28. The first-order chi connectivity index (χ1) is 14.0. The predicted octanol–water partition coefficient (Wildman–Crippen LogP) is 2.51. The van der Waals surface area contributed by atoms with Gasteiger partial charge in [-0.3, -0.25) is 19.3 Å². The van der Waals surface area contributed by atoms with Crippen LogP contribution in [0.4, 0.5) is 5.82 Å². The smallest absolute Gasteiger partial charge is 0.251 e. The van der Waals surface area contributed by atoms with Gasteiger partial charge in [0.2, 0.25) is 11.8 Å². The number of amides is 3. The van der Waals surface area contributed by atoms with Gasteiger partial charge >= 0.3 is 0 Å². The van der Waals surface area contributed by atoms with Crippen molar-refractivity contribution in [2.45, 2.75) is 39.8 Å². The highest BCUT2D eigenvalue weighted by molar-refractivity contribution is 6.01. The second-order valence-corrected chi connectivity index (χ2v) is 6.95. The maximum atomic E-state index is 12.4. The van der Waals surface area contributed by atoms with Crippen molar-refractivity contribution in [2.75, 3.05) is 18.0 Å². The van der Waals surface area contributed by atoms with Gasteiger partial charge in [-0.25, -0.2) is 4.98 Å². The van der Waals surface area contributed by atoms with E-state index >= 15 is 0 Å². The summed E-state index contributed by atoms with van der Waals surface area (Å²) in [6.45, 7) is 6.62. The first-order valence-corrected chi connectivity index (χ1v) is 9.92. The van der Waals surface area contributed by atoms with E-state index in [0.29, 0.717) is 12.1 Å². The van der Waals surface area contributed by atoms with Gasteiger partial charge in [-0.1, -0.05) is 18.2 Å². The van der Waals surface area contributed by atoms with Crippen LogP contribution in [0.1, 0.15) is 48.2 Å². The average molecular weight is 394 g/mol. The Labute approximate surface area is 170 Å². The summed E-state index contributed by atoms with van der Waals surface area (Å²) in [5.74, 6) is 0.461. The number of imide groups is 1. The van der Waals surface area contributed by atoms with Crippen molar-refractivity contribution in [3.8, 4) is 0 Å². The Hall–Kier alpha value is -3.22. The molecule has 0 radical (unpaired) electrons. The van der Waals surface area contributed by atoms with Crippen LogP contribution in [-0.2, 0) is 22.7 Å². The molecule has 1 aliphatic rings. The molecule has 0 aliphatic carbocycles. The van der Waals surface area contributed by atoms with Crippen LogP contribution in [0.15, 0.2) is 42.6 Å². The summed E-state index contributed by atoms with van der Waals surface area (Å²) >= 11 is 0. The van der Waals surface area contributed by atoms with E-state index in [1.165, 1.54) is 4.90 Å². The van der Waals surface area contributed by atoms with Gasteiger partial charge in [0.05, 0.1) is 6.54 Å². The van der Waals surface area contributed by atoms with Crippen LogP contribution < -0.4 is 10.2 Å². The molecule has 1 fully saturated rings. The molecule has 0 bridgehead atoms. The number of hydrogen-bond donors (Lipinski definition) is 1. The number of aromatic nitrogens is 1. The second kappa shape index (κ2) is 9.32. The molecule has 1 aliphatic heterocycles. The molecule has 0 unspecified atom stereocenters. The zero-order chi connectivity index (χ0) is 20.8. The molecule has 1 saturated heterocycles. The van der Waals surface area contributed by atoms with Gasteiger partial charge in [0, 0.05) is 44.2 Å². The molecule has 1 aromatic carbocycles. The fourth-order valence-electron chi connectivity index (χ4n) is 3.28. The standard InChI is InChI=1S/C22H26N4O3/c1-3-25(4-2)19-10-7-17(13-23-19)14-24-22(29)18-8-5-16(6-9-18)15-26-20(27)11-12-21(26)28/h5-10,13H,3-4,11-12,14-15H2,1-2H3,(H,24,29). The van der Waals surface area contributed by atoms with Crippen LogP contribution in [-0.4, -0.2) is 40.7 Å². The molecule has 0 spiro atoms. The van der Waals surface area contributed by atoms with Gasteiger partial charge in [-0.05, 0) is 43.2 Å². The lowest BCUT2D eigenvalue weighted by Gasteiger charge is -2.19. The molecule has 1 N–H and O–H groups in total. The van der Waals surface area contributed by atoms with Gasteiger partial charge in [0.25, 0.3) is 5.91 Å². The number of carbonyl (C=O) groups excluding carboxylic acids is 3. The third-order valence-corrected chi connectivity index (χ3v) is 5.06. The highest BCUT2D eigenvalue weighted by Crippen LogP contribution is 2.16. The van der Waals surface area contributed by atoms with E-state index in [0.717, 1.165) is 30.0 Å². The monoisotopic (exact) mass is 394 g/mol. The fourth-order valence-corrected chi connectivity index (χ4v) is 3.28. The minimum absolute atomic E-state index is 0.141. The Morgan fingerprint density at radius 2 is 1.62 bits per heavy atom. The number of carbonyl (C=O) groups is 3. The topological polar surface area (TPSA) is 82.6 Å². The Kier molecular flexibility index (Phi) is 6.59. The molecule has 7 heteroatoms. The Morgan fingerprint density at radius 1 is 1.00 bits per heavy atom. The molecule has 3 rings (SSSR count). The highest BCUT2D eigenvalue weighted by atomic mass is 16.2. The van der Waals surface area contributed by atoms with E-state index in [1.54, 1.807) is 30.5 Å². The number of nitrogens with zero attached hydrogens (tertiary/aromatic N) is 3. The van der Waals surface area contributed by atoms with E-state index in [-0.39, 0.29) is 37.1 Å². The van der Waals surface area contributed by atoms with Gasteiger partial charge in [0.15, 0.2) is 0 Å². The third-order valence-electron chi connectivity index (χ3n) is 5.06. The van der Waals surface area contributed by atoms with Crippen molar-refractivity contribution in [2.24, 2.45) is 0 Å². The van der Waals surface area contributed by atoms with Crippen molar-refractivity contribution in [1.82, 2.24) is 15.2 Å². The van der Waals surface area contributed by atoms with Gasteiger partial charge in [0.1, 0.15) is 5.82 Å². The minimum atomic E-state index is -0.183. The van der Waals surface area contributed by atoms with E-state index in [1.807, 2.05) is 12.1 Å². The number of likely N-dealkylation sites (tertiary alicyclic amines) is 1. The molecule has 0 atom stereocenters. The molecular weight excluding hydrogens is 368 g/mol. The predicted molar refractivity (Wildman–Crippen MR) is 110 cm³/mol. The molecular formula is C22H26N4O3. The van der Waals surface area contributed by atoms with Crippen molar-refractivity contribution >= 4 is 23.5 Å². The largest absolute Gasteiger partial charge is 0.357 e. The summed E-state index contributed by atoms with van der Waals surface area (Å²) in [6.07, 6.45) is 2.34. The summed E-state index contributed by atoms with van der Waals surface area (Å²) in [4.78, 5) is 43.7. The highest BCUT2D eigenvalue weighted by Gasteiger charge is 2.28. The average Bonchev–Trinajstić information content (AvgIpc) is 3.06. The molecule has 1 aromatic heterocycles. The van der Waals surface area contributed by atoms with Crippen molar-refractivity contribution in [1.29, 1.82) is 0 Å². The van der Waals surface area contributed by atoms with Gasteiger partial charge < -0.3 is 10.2 Å². The Bertz CT molecular complexity index is 858. The number of pyridine rings is 1. The first-order valence-electron chi connectivity index (χ1n) is 9.92. The summed E-state index contributed by atoms with van der Waals surface area (Å²) in [6, 6.07) is 10.9. The molecule has 7 nitrogen and oxygen atoms in total.